The highest BCUT2D eigenvalue weighted by Crippen LogP contribution is 2.34. The van der Waals surface area contributed by atoms with Crippen molar-refractivity contribution in [2.24, 2.45) is 0 Å². The van der Waals surface area contributed by atoms with Gasteiger partial charge in [-0.25, -0.2) is 0 Å². The van der Waals surface area contributed by atoms with Gasteiger partial charge in [-0.05, 0) is 66.2 Å². The van der Waals surface area contributed by atoms with Crippen molar-refractivity contribution in [2.75, 3.05) is 14.1 Å². The summed E-state index contributed by atoms with van der Waals surface area (Å²) in [6.07, 6.45) is 0. The van der Waals surface area contributed by atoms with E-state index >= 15 is 0 Å². The molecule has 0 unspecified atom stereocenters. The van der Waals surface area contributed by atoms with Gasteiger partial charge in [0.05, 0.1) is 22.8 Å². The van der Waals surface area contributed by atoms with Crippen molar-refractivity contribution in [3.05, 3.63) is 187 Å². The summed E-state index contributed by atoms with van der Waals surface area (Å²) in [6, 6.07) is 46.9. The largest absolute Gasteiger partial charge is 0.343 e. The van der Waals surface area contributed by atoms with E-state index in [9.17, 15) is 0 Å². The molecular formula is C56H62N2. The Balaban J connectivity index is 1.54. The Morgan fingerprint density at radius 3 is 0.586 bits per heavy atom. The van der Waals surface area contributed by atoms with Gasteiger partial charge in [0.25, 0.3) is 0 Å². The van der Waals surface area contributed by atoms with Crippen LogP contribution >= 0.6 is 0 Å². The van der Waals surface area contributed by atoms with Crippen molar-refractivity contribution in [3.8, 4) is 0 Å². The third-order valence-electron chi connectivity index (χ3n) is 12.6. The summed E-state index contributed by atoms with van der Waals surface area (Å²) < 4.78 is 0. The van der Waals surface area contributed by atoms with Crippen LogP contribution in [-0.2, 0) is 21.7 Å². The van der Waals surface area contributed by atoms with Crippen molar-refractivity contribution in [1.82, 2.24) is 9.80 Å². The normalized spacial score (nSPS) is 14.9. The van der Waals surface area contributed by atoms with Gasteiger partial charge in [0.15, 0.2) is 0 Å². The van der Waals surface area contributed by atoms with Crippen molar-refractivity contribution in [2.45, 2.75) is 105 Å². The molecule has 0 aliphatic carbocycles. The molecule has 0 aromatic heterocycles. The zero-order chi connectivity index (χ0) is 41.7. The van der Waals surface area contributed by atoms with Crippen LogP contribution in [0.25, 0.3) is 33.6 Å². The van der Waals surface area contributed by atoms with Crippen LogP contribution in [-0.4, -0.2) is 23.9 Å². The molecule has 0 saturated heterocycles. The molecule has 2 heterocycles. The first-order chi connectivity index (χ1) is 27.1. The fraction of sp³-hybridized carbons (Fsp3) is 0.321. The molecule has 0 spiro atoms. The van der Waals surface area contributed by atoms with Gasteiger partial charge in [-0.2, -0.15) is 0 Å². The summed E-state index contributed by atoms with van der Waals surface area (Å²) in [4.78, 5) is 4.91. The molecule has 6 aromatic rings. The molecule has 296 valence electrons. The van der Waals surface area contributed by atoms with E-state index < -0.39 is 0 Å². The predicted molar refractivity (Wildman–Crippen MR) is 249 cm³/mol. The van der Waals surface area contributed by atoms with E-state index in [0.29, 0.717) is 0 Å². The van der Waals surface area contributed by atoms with Gasteiger partial charge in [0.1, 0.15) is 0 Å². The average Bonchev–Trinajstić information content (AvgIpc) is 3.15. The zero-order valence-corrected chi connectivity index (χ0v) is 37.4. The van der Waals surface area contributed by atoms with Crippen LogP contribution in [0.15, 0.2) is 121 Å². The third-order valence-corrected chi connectivity index (χ3v) is 12.6. The van der Waals surface area contributed by atoms with Crippen molar-refractivity contribution in [1.29, 1.82) is 0 Å². The quantitative estimate of drug-likeness (QED) is 0.177. The maximum Gasteiger partial charge on any atom is 0.0562 e. The lowest BCUT2D eigenvalue weighted by Crippen LogP contribution is -2.42. The Bertz CT molecular complexity index is 2430. The van der Waals surface area contributed by atoms with Crippen LogP contribution in [0.4, 0.5) is 0 Å². The lowest BCUT2D eigenvalue weighted by molar-refractivity contribution is 0.589. The average molecular weight is 763 g/mol. The number of benzene rings is 6. The number of nitrogens with zero attached hydrogens (tertiary/aromatic N) is 2. The van der Waals surface area contributed by atoms with Gasteiger partial charge < -0.3 is 9.80 Å². The minimum atomic E-state index is 0.0713. The van der Waals surface area contributed by atoms with Gasteiger partial charge in [-0.3, -0.25) is 0 Å². The summed E-state index contributed by atoms with van der Waals surface area (Å²) >= 11 is 0. The van der Waals surface area contributed by atoms with E-state index in [1.54, 1.807) is 0 Å². The van der Waals surface area contributed by atoms with Crippen LogP contribution < -0.4 is 20.9 Å². The van der Waals surface area contributed by atoms with Crippen LogP contribution in [0.2, 0.25) is 0 Å². The summed E-state index contributed by atoms with van der Waals surface area (Å²) in [5.74, 6) is 0. The molecule has 58 heavy (non-hydrogen) atoms. The minimum Gasteiger partial charge on any atom is -0.343 e. The fourth-order valence-electron chi connectivity index (χ4n) is 9.14. The molecule has 0 bridgehead atoms. The van der Waals surface area contributed by atoms with Crippen LogP contribution in [0.3, 0.4) is 0 Å². The highest BCUT2D eigenvalue weighted by Gasteiger charge is 2.28. The minimum absolute atomic E-state index is 0.0713. The summed E-state index contributed by atoms with van der Waals surface area (Å²) in [5, 5.41) is 7.71. The maximum absolute atomic E-state index is 2.46. The molecule has 2 aliphatic heterocycles. The Morgan fingerprint density at radius 1 is 0.259 bits per heavy atom. The Hall–Kier alpha value is -5.34. The Morgan fingerprint density at radius 2 is 0.431 bits per heavy atom. The molecule has 0 saturated carbocycles. The van der Waals surface area contributed by atoms with Crippen molar-refractivity contribution in [3.63, 3.8) is 0 Å². The number of hydrogen-bond acceptors (Lipinski definition) is 2. The molecule has 6 aromatic carbocycles. The van der Waals surface area contributed by atoms with Gasteiger partial charge in [0, 0.05) is 45.7 Å². The van der Waals surface area contributed by atoms with E-state index in [-0.39, 0.29) is 21.7 Å². The molecule has 2 aliphatic rings. The molecule has 0 fully saturated rings. The van der Waals surface area contributed by atoms with E-state index in [1.165, 1.54) is 98.9 Å². The van der Waals surface area contributed by atoms with E-state index in [0.717, 1.165) is 0 Å². The van der Waals surface area contributed by atoms with E-state index in [2.05, 4.69) is 228 Å². The number of hydrogen-bond donors (Lipinski definition) is 0. The third kappa shape index (κ3) is 6.69. The molecule has 0 radical (unpaired) electrons. The fourth-order valence-corrected chi connectivity index (χ4v) is 9.14. The van der Waals surface area contributed by atoms with Crippen molar-refractivity contribution < 1.29 is 0 Å². The predicted octanol–water partition coefficient (Wildman–Crippen LogP) is 10.5. The summed E-state index contributed by atoms with van der Waals surface area (Å²) in [7, 11) is 4.53. The Labute approximate surface area is 347 Å². The van der Waals surface area contributed by atoms with Gasteiger partial charge in [-0.15, -0.1) is 0 Å². The molecular weight excluding hydrogens is 701 g/mol. The topological polar surface area (TPSA) is 6.48 Å². The monoisotopic (exact) mass is 762 g/mol. The second-order valence-corrected chi connectivity index (χ2v) is 20.9. The van der Waals surface area contributed by atoms with E-state index in [4.69, 9.17) is 0 Å². The SMILES string of the molecule is CN1C(c2ccc(C(C)(C)C)cc2)=c2ccc3c4c(ccc(c24)=C1c1ccc(C(C)(C)C)cc1)=C(c1ccc(C(C)(C)C)cc1)N(C)C=3c1ccc(C(C)(C)C)cc1. The van der Waals surface area contributed by atoms with Crippen LogP contribution in [0, 0.1) is 0 Å². The molecule has 8 rings (SSSR count). The van der Waals surface area contributed by atoms with E-state index in [1.807, 2.05) is 0 Å². The molecule has 0 atom stereocenters. The van der Waals surface area contributed by atoms with Crippen LogP contribution in [0.1, 0.15) is 128 Å². The lowest BCUT2D eigenvalue weighted by atomic mass is 9.84. The van der Waals surface area contributed by atoms with Gasteiger partial charge in [0.2, 0.25) is 0 Å². The first-order valence-corrected chi connectivity index (χ1v) is 21.1. The molecule has 2 nitrogen and oxygen atoms in total. The van der Waals surface area contributed by atoms with Gasteiger partial charge in [-0.1, -0.05) is 204 Å². The molecule has 0 N–H and O–H groups in total. The van der Waals surface area contributed by atoms with Crippen LogP contribution in [0.5, 0.6) is 0 Å². The molecule has 0 amide bonds. The Kier molecular flexibility index (Phi) is 9.27. The standard InChI is InChI=1S/C56H62N2/c1-53(2,3)39-23-15-35(16-24-39)49-43-31-32-45-48-46(34-33-44(47(43)48)50(57(49)13)36-17-25-40(26-18-36)54(4,5)6)52(38-21-29-42(30-22-38)56(10,11)12)58(14)51(45)37-19-27-41(28-20-37)55(7,8)9/h15-34H,1-14H3. The summed E-state index contributed by atoms with van der Waals surface area (Å²) in [5.41, 5.74) is 15.5. The van der Waals surface area contributed by atoms with Crippen molar-refractivity contribution >= 4 is 33.6 Å². The van der Waals surface area contributed by atoms with Gasteiger partial charge >= 0.3 is 0 Å². The first kappa shape index (κ1) is 39.5. The smallest absolute Gasteiger partial charge is 0.0562 e. The lowest BCUT2D eigenvalue weighted by Gasteiger charge is -2.34. The zero-order valence-electron chi connectivity index (χ0n) is 37.4. The number of rotatable bonds is 4. The second kappa shape index (κ2) is 13.6. The summed E-state index contributed by atoms with van der Waals surface area (Å²) in [6.45, 7) is 27.5. The maximum atomic E-state index is 2.46. The highest BCUT2D eigenvalue weighted by molar-refractivity contribution is 5.99. The highest BCUT2D eigenvalue weighted by atomic mass is 15.1. The first-order valence-electron chi connectivity index (χ1n) is 21.1. The molecule has 2 heteroatoms. The second-order valence-electron chi connectivity index (χ2n) is 20.9.